The van der Waals surface area contributed by atoms with Crippen LogP contribution in [0, 0.1) is 19.3 Å². The van der Waals surface area contributed by atoms with Crippen LogP contribution in [0.15, 0.2) is 28.9 Å². The molecule has 1 amide bonds. The molecule has 140 valence electrons. The maximum atomic E-state index is 12.9. The molecule has 1 heterocycles. The minimum absolute atomic E-state index is 0.00729. The number of hydrogen-bond acceptors (Lipinski definition) is 5. The Kier molecular flexibility index (Phi) is 4.67. The van der Waals surface area contributed by atoms with Gasteiger partial charge in [0.05, 0.1) is 11.8 Å². The Morgan fingerprint density at radius 3 is 2.73 bits per heavy atom. The van der Waals surface area contributed by atoms with Gasteiger partial charge in [0.25, 0.3) is 0 Å². The summed E-state index contributed by atoms with van der Waals surface area (Å²) in [5.41, 5.74) is 8.42. The van der Waals surface area contributed by atoms with E-state index in [1.807, 2.05) is 52.8 Å². The number of amides is 1. The van der Waals surface area contributed by atoms with Gasteiger partial charge in [0.2, 0.25) is 11.8 Å². The first kappa shape index (κ1) is 18.6. The number of oxazole rings is 1. The summed E-state index contributed by atoms with van der Waals surface area (Å²) in [5, 5.41) is 2.96. The van der Waals surface area contributed by atoms with Crippen LogP contribution in [0.4, 0.5) is 5.69 Å². The summed E-state index contributed by atoms with van der Waals surface area (Å²) in [6.07, 6.45) is 2.11. The van der Waals surface area contributed by atoms with E-state index in [4.69, 9.17) is 14.9 Å². The lowest BCUT2D eigenvalue weighted by Gasteiger charge is -2.57. The van der Waals surface area contributed by atoms with Gasteiger partial charge in [0.1, 0.15) is 11.8 Å². The quantitative estimate of drug-likeness (QED) is 0.855. The summed E-state index contributed by atoms with van der Waals surface area (Å²) in [6, 6.07) is 5.66. The summed E-state index contributed by atoms with van der Waals surface area (Å²) in [6.45, 7) is 10.4. The Balaban J connectivity index is 1.80. The maximum absolute atomic E-state index is 12.9. The van der Waals surface area contributed by atoms with Crippen LogP contribution in [-0.4, -0.2) is 29.1 Å². The molecule has 1 aromatic heterocycles. The van der Waals surface area contributed by atoms with E-state index in [1.165, 1.54) is 0 Å². The molecule has 6 heteroatoms. The van der Waals surface area contributed by atoms with Crippen molar-refractivity contribution in [1.82, 2.24) is 4.98 Å². The monoisotopic (exact) mass is 357 g/mol. The Morgan fingerprint density at radius 2 is 2.15 bits per heavy atom. The zero-order chi connectivity index (χ0) is 19.1. The lowest BCUT2D eigenvalue weighted by atomic mass is 9.54. The molecule has 0 bridgehead atoms. The summed E-state index contributed by atoms with van der Waals surface area (Å²) in [4.78, 5) is 17.3. The van der Waals surface area contributed by atoms with Crippen molar-refractivity contribution in [2.75, 3.05) is 11.9 Å². The molecule has 3 N–H and O–H groups in total. The fraction of sp³-hybridized carbons (Fsp3) is 0.500. The van der Waals surface area contributed by atoms with Crippen molar-refractivity contribution in [3.05, 3.63) is 35.7 Å². The molecule has 0 saturated heterocycles. The highest BCUT2D eigenvalue weighted by molar-refractivity contribution is 6.00. The van der Waals surface area contributed by atoms with Crippen LogP contribution in [0.1, 0.15) is 38.4 Å². The molecule has 2 aromatic rings. The zero-order valence-electron chi connectivity index (χ0n) is 16.1. The van der Waals surface area contributed by atoms with E-state index in [0.717, 1.165) is 16.8 Å². The molecule has 0 aliphatic heterocycles. The van der Waals surface area contributed by atoms with Crippen molar-refractivity contribution < 1.29 is 13.9 Å². The van der Waals surface area contributed by atoms with Gasteiger partial charge < -0.3 is 20.2 Å². The number of ether oxygens (including phenoxy) is 1. The number of nitrogens with two attached hydrogens (primary N) is 1. The molecule has 3 rings (SSSR count). The molecule has 2 unspecified atom stereocenters. The van der Waals surface area contributed by atoms with Crippen LogP contribution >= 0.6 is 0 Å². The SMILES string of the molecule is CCOC1CC(N)(C(=O)Nc2ccc(C)c(-c3nc(C)co3)c2)C1(C)C. The Hall–Kier alpha value is -2.18. The fourth-order valence-corrected chi connectivity index (χ4v) is 3.47. The van der Waals surface area contributed by atoms with Crippen molar-refractivity contribution in [2.24, 2.45) is 11.1 Å². The molecule has 1 saturated carbocycles. The van der Waals surface area contributed by atoms with Crippen LogP contribution in [-0.2, 0) is 9.53 Å². The summed E-state index contributed by atoms with van der Waals surface area (Å²) in [5.74, 6) is 0.343. The second-order valence-corrected chi connectivity index (χ2v) is 7.62. The lowest BCUT2D eigenvalue weighted by molar-refractivity contribution is -0.166. The standard InChI is InChI=1S/C20H27N3O3/c1-6-25-16-10-20(21,19(16,4)5)18(24)23-14-8-7-12(2)15(9-14)17-22-13(3)11-26-17/h7-9,11,16H,6,10,21H2,1-5H3,(H,23,24). The Labute approximate surface area is 154 Å². The van der Waals surface area contributed by atoms with Gasteiger partial charge in [-0.15, -0.1) is 0 Å². The molecule has 1 aliphatic rings. The van der Waals surface area contributed by atoms with Crippen LogP contribution in [0.3, 0.4) is 0 Å². The molecule has 0 radical (unpaired) electrons. The smallest absolute Gasteiger partial charge is 0.245 e. The van der Waals surface area contributed by atoms with Crippen molar-refractivity contribution in [3.63, 3.8) is 0 Å². The predicted octanol–water partition coefficient (Wildman–Crippen LogP) is 3.43. The molecular formula is C20H27N3O3. The van der Waals surface area contributed by atoms with E-state index in [0.29, 0.717) is 24.6 Å². The summed E-state index contributed by atoms with van der Waals surface area (Å²) in [7, 11) is 0. The third-order valence-corrected chi connectivity index (χ3v) is 5.58. The van der Waals surface area contributed by atoms with E-state index in [1.54, 1.807) is 6.26 Å². The first-order valence-corrected chi connectivity index (χ1v) is 8.94. The minimum atomic E-state index is -0.961. The van der Waals surface area contributed by atoms with Crippen LogP contribution in [0.25, 0.3) is 11.5 Å². The van der Waals surface area contributed by atoms with E-state index in [-0.39, 0.29) is 12.0 Å². The largest absolute Gasteiger partial charge is 0.444 e. The number of anilines is 1. The fourth-order valence-electron chi connectivity index (χ4n) is 3.47. The van der Waals surface area contributed by atoms with Crippen LogP contribution < -0.4 is 11.1 Å². The van der Waals surface area contributed by atoms with Crippen molar-refractivity contribution in [1.29, 1.82) is 0 Å². The van der Waals surface area contributed by atoms with Crippen LogP contribution in [0.2, 0.25) is 0 Å². The van der Waals surface area contributed by atoms with Gasteiger partial charge in [-0.1, -0.05) is 19.9 Å². The molecule has 6 nitrogen and oxygen atoms in total. The first-order valence-electron chi connectivity index (χ1n) is 8.94. The number of nitrogens with one attached hydrogen (secondary N) is 1. The Morgan fingerprint density at radius 1 is 1.42 bits per heavy atom. The normalized spacial score (nSPS) is 24.2. The van der Waals surface area contributed by atoms with Crippen molar-refractivity contribution >= 4 is 11.6 Å². The van der Waals surface area contributed by atoms with Gasteiger partial charge in [-0.3, -0.25) is 4.79 Å². The molecular weight excluding hydrogens is 330 g/mol. The second kappa shape index (κ2) is 6.52. The van der Waals surface area contributed by atoms with Crippen LogP contribution in [0.5, 0.6) is 0 Å². The topological polar surface area (TPSA) is 90.4 Å². The average molecular weight is 357 g/mol. The first-order chi connectivity index (χ1) is 12.2. The third kappa shape index (κ3) is 2.93. The number of carbonyl (C=O) groups is 1. The highest BCUT2D eigenvalue weighted by Gasteiger charge is 2.62. The third-order valence-electron chi connectivity index (χ3n) is 5.58. The molecule has 0 spiro atoms. The number of hydrogen-bond donors (Lipinski definition) is 2. The van der Waals surface area contributed by atoms with E-state index >= 15 is 0 Å². The number of aryl methyl sites for hydroxylation is 2. The van der Waals surface area contributed by atoms with Gasteiger partial charge in [-0.2, -0.15) is 0 Å². The maximum Gasteiger partial charge on any atom is 0.245 e. The summed E-state index contributed by atoms with van der Waals surface area (Å²) >= 11 is 0. The average Bonchev–Trinajstić information content (AvgIpc) is 3.02. The number of nitrogens with zero attached hydrogens (tertiary/aromatic N) is 1. The van der Waals surface area contributed by atoms with Gasteiger partial charge in [-0.25, -0.2) is 4.98 Å². The van der Waals surface area contributed by atoms with Crippen molar-refractivity contribution in [3.8, 4) is 11.5 Å². The van der Waals surface area contributed by atoms with E-state index in [2.05, 4.69) is 10.3 Å². The minimum Gasteiger partial charge on any atom is -0.444 e. The van der Waals surface area contributed by atoms with Gasteiger partial charge in [0.15, 0.2) is 0 Å². The zero-order valence-corrected chi connectivity index (χ0v) is 16.1. The van der Waals surface area contributed by atoms with Gasteiger partial charge >= 0.3 is 0 Å². The van der Waals surface area contributed by atoms with Gasteiger partial charge in [0, 0.05) is 29.7 Å². The highest BCUT2D eigenvalue weighted by Crippen LogP contribution is 2.50. The van der Waals surface area contributed by atoms with Crippen molar-refractivity contribution in [2.45, 2.75) is 52.7 Å². The number of rotatable bonds is 5. The lowest BCUT2D eigenvalue weighted by Crippen LogP contribution is -2.74. The predicted molar refractivity (Wildman–Crippen MR) is 101 cm³/mol. The molecule has 1 aliphatic carbocycles. The van der Waals surface area contributed by atoms with E-state index < -0.39 is 11.0 Å². The molecule has 26 heavy (non-hydrogen) atoms. The number of benzene rings is 1. The molecule has 2 atom stereocenters. The highest BCUT2D eigenvalue weighted by atomic mass is 16.5. The second-order valence-electron chi connectivity index (χ2n) is 7.62. The Bertz CT molecular complexity index is 827. The number of aromatic nitrogens is 1. The number of carbonyl (C=O) groups excluding carboxylic acids is 1. The molecule has 1 fully saturated rings. The van der Waals surface area contributed by atoms with Gasteiger partial charge in [-0.05, 0) is 38.5 Å². The molecule has 1 aromatic carbocycles. The summed E-state index contributed by atoms with van der Waals surface area (Å²) < 4.78 is 11.2. The van der Waals surface area contributed by atoms with E-state index in [9.17, 15) is 4.79 Å².